The van der Waals surface area contributed by atoms with Crippen LogP contribution in [0.2, 0.25) is 5.02 Å². The van der Waals surface area contributed by atoms with Crippen molar-refractivity contribution in [2.75, 3.05) is 7.11 Å². The highest BCUT2D eigenvalue weighted by molar-refractivity contribution is 6.35. The third-order valence-electron chi connectivity index (χ3n) is 3.23. The molecule has 0 saturated carbocycles. The van der Waals surface area contributed by atoms with Gasteiger partial charge in [0.15, 0.2) is 0 Å². The fourth-order valence-corrected chi connectivity index (χ4v) is 2.37. The Hall–Kier alpha value is -1.65. The molecule has 106 valence electrons. The molecular weight excluding hydrogens is 276 g/mol. The Balaban J connectivity index is 2.13. The summed E-state index contributed by atoms with van der Waals surface area (Å²) in [5.74, 6) is -0.237. The lowest BCUT2D eigenvalue weighted by Crippen LogP contribution is -2.24. The van der Waals surface area contributed by atoms with E-state index in [2.05, 4.69) is 9.72 Å². The van der Waals surface area contributed by atoms with Crippen LogP contribution in [0.3, 0.4) is 0 Å². The Kier molecular flexibility index (Phi) is 4.93. The van der Waals surface area contributed by atoms with E-state index in [9.17, 15) is 4.79 Å². The summed E-state index contributed by atoms with van der Waals surface area (Å²) in [6, 6.07) is 7.48. The molecule has 0 bridgehead atoms. The smallest absolute Gasteiger partial charge is 0.305 e. The fourth-order valence-electron chi connectivity index (χ4n) is 2.15. The molecule has 0 fully saturated rings. The lowest BCUT2D eigenvalue weighted by Gasteiger charge is -2.13. The van der Waals surface area contributed by atoms with Crippen molar-refractivity contribution >= 4 is 28.5 Å². The van der Waals surface area contributed by atoms with Crippen LogP contribution in [0.15, 0.2) is 30.5 Å². The molecule has 1 aromatic heterocycles. The van der Waals surface area contributed by atoms with Gasteiger partial charge in [-0.1, -0.05) is 17.7 Å². The Morgan fingerprint density at radius 2 is 2.25 bits per heavy atom. The molecular formula is C15H17ClN2O2. The number of carbonyl (C=O) groups excluding carboxylic acids is 1. The third kappa shape index (κ3) is 3.46. The number of benzene rings is 1. The molecule has 0 aliphatic heterocycles. The zero-order chi connectivity index (χ0) is 14.5. The van der Waals surface area contributed by atoms with Gasteiger partial charge in [-0.05, 0) is 36.6 Å². The van der Waals surface area contributed by atoms with Gasteiger partial charge >= 0.3 is 5.97 Å². The van der Waals surface area contributed by atoms with E-state index in [-0.39, 0.29) is 12.0 Å². The Morgan fingerprint density at radius 3 is 3.00 bits per heavy atom. The van der Waals surface area contributed by atoms with Gasteiger partial charge < -0.3 is 10.5 Å². The number of esters is 1. The quantitative estimate of drug-likeness (QED) is 0.861. The lowest BCUT2D eigenvalue weighted by molar-refractivity contribution is -0.140. The second-order valence-corrected chi connectivity index (χ2v) is 5.09. The van der Waals surface area contributed by atoms with Gasteiger partial charge in [0.25, 0.3) is 0 Å². The summed E-state index contributed by atoms with van der Waals surface area (Å²) in [5.41, 5.74) is 7.98. The molecule has 0 saturated heterocycles. The molecule has 2 rings (SSSR count). The van der Waals surface area contributed by atoms with Crippen molar-refractivity contribution < 1.29 is 9.53 Å². The van der Waals surface area contributed by atoms with Crippen LogP contribution in [0.1, 0.15) is 18.4 Å². The zero-order valence-electron chi connectivity index (χ0n) is 11.3. The van der Waals surface area contributed by atoms with E-state index in [0.29, 0.717) is 24.3 Å². The minimum atomic E-state index is -0.237. The lowest BCUT2D eigenvalue weighted by atomic mass is 10.00. The van der Waals surface area contributed by atoms with Crippen molar-refractivity contribution in [3.05, 3.63) is 41.0 Å². The van der Waals surface area contributed by atoms with Crippen molar-refractivity contribution in [1.82, 2.24) is 4.98 Å². The Bertz CT molecular complexity index is 616. The average Bonchev–Trinajstić information content (AvgIpc) is 2.48. The molecule has 1 heterocycles. The number of pyridine rings is 1. The highest BCUT2D eigenvalue weighted by atomic mass is 35.5. The molecule has 1 atom stereocenters. The van der Waals surface area contributed by atoms with E-state index in [1.165, 1.54) is 7.11 Å². The molecule has 20 heavy (non-hydrogen) atoms. The van der Waals surface area contributed by atoms with Crippen molar-refractivity contribution in [3.8, 4) is 0 Å². The molecule has 1 unspecified atom stereocenters. The summed E-state index contributed by atoms with van der Waals surface area (Å²) >= 11 is 6.15. The number of halogens is 1. The molecule has 0 aliphatic carbocycles. The largest absolute Gasteiger partial charge is 0.469 e. The maximum Gasteiger partial charge on any atom is 0.305 e. The van der Waals surface area contributed by atoms with Gasteiger partial charge in [0.1, 0.15) is 0 Å². The Labute approximate surface area is 122 Å². The van der Waals surface area contributed by atoms with Crippen LogP contribution in [-0.4, -0.2) is 24.1 Å². The van der Waals surface area contributed by atoms with Crippen LogP contribution in [0.4, 0.5) is 0 Å². The maximum atomic E-state index is 11.1. The number of ether oxygens (including phenoxy) is 1. The first-order valence-electron chi connectivity index (χ1n) is 6.46. The zero-order valence-corrected chi connectivity index (χ0v) is 12.1. The number of nitrogens with two attached hydrogens (primary N) is 1. The fraction of sp³-hybridized carbons (Fsp3) is 0.333. The van der Waals surface area contributed by atoms with Crippen LogP contribution in [0.5, 0.6) is 0 Å². The van der Waals surface area contributed by atoms with Gasteiger partial charge in [-0.15, -0.1) is 0 Å². The first kappa shape index (κ1) is 14.8. The van der Waals surface area contributed by atoms with Gasteiger partial charge in [-0.25, -0.2) is 0 Å². The van der Waals surface area contributed by atoms with Crippen LogP contribution in [0, 0.1) is 0 Å². The van der Waals surface area contributed by atoms with Crippen LogP contribution in [0.25, 0.3) is 10.9 Å². The number of carbonyl (C=O) groups is 1. The van der Waals surface area contributed by atoms with Crippen molar-refractivity contribution in [3.63, 3.8) is 0 Å². The summed E-state index contributed by atoms with van der Waals surface area (Å²) in [7, 11) is 1.38. The molecule has 1 aromatic carbocycles. The summed E-state index contributed by atoms with van der Waals surface area (Å²) < 4.78 is 4.61. The number of methoxy groups -OCH3 is 1. The second-order valence-electron chi connectivity index (χ2n) is 4.69. The number of fused-ring (bicyclic) bond motifs is 1. The predicted molar refractivity (Wildman–Crippen MR) is 79.7 cm³/mol. The van der Waals surface area contributed by atoms with Crippen LogP contribution >= 0.6 is 11.6 Å². The van der Waals surface area contributed by atoms with E-state index < -0.39 is 0 Å². The van der Waals surface area contributed by atoms with Crippen LogP contribution in [-0.2, 0) is 16.0 Å². The molecule has 2 N–H and O–H groups in total. The summed E-state index contributed by atoms with van der Waals surface area (Å²) in [6.07, 6.45) is 3.31. The summed E-state index contributed by atoms with van der Waals surface area (Å²) in [4.78, 5) is 15.5. The number of nitrogens with zero attached hydrogens (tertiary/aromatic N) is 1. The van der Waals surface area contributed by atoms with Gasteiger partial charge in [0.05, 0.1) is 12.6 Å². The number of aromatic nitrogens is 1. The summed E-state index contributed by atoms with van der Waals surface area (Å²) in [6.45, 7) is 0. The maximum absolute atomic E-state index is 11.1. The molecule has 0 aliphatic rings. The highest BCUT2D eigenvalue weighted by Crippen LogP contribution is 2.25. The highest BCUT2D eigenvalue weighted by Gasteiger charge is 2.11. The predicted octanol–water partition coefficient (Wildman–Crippen LogP) is 2.71. The average molecular weight is 293 g/mol. The topological polar surface area (TPSA) is 65.2 Å². The molecule has 2 aromatic rings. The number of rotatable bonds is 5. The van der Waals surface area contributed by atoms with Crippen molar-refractivity contribution in [1.29, 1.82) is 0 Å². The third-order valence-corrected chi connectivity index (χ3v) is 3.56. The summed E-state index contributed by atoms with van der Waals surface area (Å²) in [5, 5.41) is 1.60. The molecule has 0 spiro atoms. The first-order chi connectivity index (χ1) is 9.61. The van der Waals surface area contributed by atoms with E-state index >= 15 is 0 Å². The molecule has 4 nitrogen and oxygen atoms in total. The normalized spacial score (nSPS) is 12.3. The van der Waals surface area contributed by atoms with E-state index in [0.717, 1.165) is 16.5 Å². The van der Waals surface area contributed by atoms with Gasteiger partial charge in [0.2, 0.25) is 0 Å². The van der Waals surface area contributed by atoms with E-state index in [1.54, 1.807) is 6.20 Å². The monoisotopic (exact) mass is 292 g/mol. The first-order valence-corrected chi connectivity index (χ1v) is 6.84. The minimum Gasteiger partial charge on any atom is -0.469 e. The number of hydrogen-bond acceptors (Lipinski definition) is 4. The van der Waals surface area contributed by atoms with Gasteiger partial charge in [-0.2, -0.15) is 0 Å². The minimum absolute atomic E-state index is 0.111. The Morgan fingerprint density at radius 1 is 1.45 bits per heavy atom. The SMILES string of the molecule is COC(=O)CCC(N)Cc1ccc(Cl)c2cccnc12. The van der Waals surface area contributed by atoms with E-state index in [4.69, 9.17) is 17.3 Å². The van der Waals surface area contributed by atoms with E-state index in [1.807, 2.05) is 24.3 Å². The van der Waals surface area contributed by atoms with Gasteiger partial charge in [0, 0.05) is 29.1 Å². The van der Waals surface area contributed by atoms with Crippen molar-refractivity contribution in [2.45, 2.75) is 25.3 Å². The van der Waals surface area contributed by atoms with Crippen molar-refractivity contribution in [2.24, 2.45) is 5.73 Å². The standard InChI is InChI=1S/C15H17ClN2O2/c1-20-14(19)7-5-11(17)9-10-4-6-13(16)12-3-2-8-18-15(10)12/h2-4,6,8,11H,5,7,9,17H2,1H3. The molecule has 0 amide bonds. The number of hydrogen-bond donors (Lipinski definition) is 1. The molecule has 0 radical (unpaired) electrons. The molecule has 5 heteroatoms. The van der Waals surface area contributed by atoms with Gasteiger partial charge in [-0.3, -0.25) is 9.78 Å². The second kappa shape index (κ2) is 6.68. The van der Waals surface area contributed by atoms with Crippen LogP contribution < -0.4 is 5.73 Å².